The van der Waals surface area contributed by atoms with E-state index in [1.165, 1.54) is 0 Å². The molecular formula is C24H21N3O2. The van der Waals surface area contributed by atoms with Gasteiger partial charge in [-0.15, -0.1) is 10.2 Å². The van der Waals surface area contributed by atoms with E-state index in [1.807, 2.05) is 80.6 Å². The van der Waals surface area contributed by atoms with E-state index in [4.69, 9.17) is 4.42 Å². The van der Waals surface area contributed by atoms with Gasteiger partial charge in [0.05, 0.1) is 6.04 Å². The van der Waals surface area contributed by atoms with Crippen LogP contribution in [0.4, 0.5) is 0 Å². The van der Waals surface area contributed by atoms with Gasteiger partial charge < -0.3 is 9.73 Å². The van der Waals surface area contributed by atoms with E-state index >= 15 is 0 Å². The molecule has 1 amide bonds. The second-order valence-electron chi connectivity index (χ2n) is 6.91. The fourth-order valence-electron chi connectivity index (χ4n) is 3.13. The molecule has 0 bridgehead atoms. The Hall–Kier alpha value is -3.73. The highest BCUT2D eigenvalue weighted by Gasteiger charge is 2.14. The number of nitrogens with one attached hydrogen (secondary N) is 1. The second-order valence-corrected chi connectivity index (χ2v) is 6.91. The minimum absolute atomic E-state index is 0.0732. The minimum Gasteiger partial charge on any atom is -0.416 e. The highest BCUT2D eigenvalue weighted by molar-refractivity contribution is 5.94. The summed E-state index contributed by atoms with van der Waals surface area (Å²) in [5.74, 6) is 0.781. The van der Waals surface area contributed by atoms with E-state index in [0.29, 0.717) is 17.3 Å². The van der Waals surface area contributed by atoms with E-state index in [-0.39, 0.29) is 11.9 Å². The Bertz CT molecular complexity index is 1120. The van der Waals surface area contributed by atoms with Gasteiger partial charge in [-0.2, -0.15) is 0 Å². The van der Waals surface area contributed by atoms with Crippen molar-refractivity contribution in [2.75, 3.05) is 0 Å². The molecule has 0 saturated heterocycles. The van der Waals surface area contributed by atoms with Crippen LogP contribution in [-0.4, -0.2) is 16.1 Å². The molecule has 1 aromatic heterocycles. The molecule has 3 aromatic carbocycles. The lowest BCUT2D eigenvalue weighted by Gasteiger charge is -2.14. The van der Waals surface area contributed by atoms with Crippen LogP contribution in [0.1, 0.15) is 34.5 Å². The van der Waals surface area contributed by atoms with Crippen LogP contribution in [-0.2, 0) is 0 Å². The van der Waals surface area contributed by atoms with E-state index in [9.17, 15) is 4.79 Å². The van der Waals surface area contributed by atoms with Gasteiger partial charge in [0, 0.05) is 16.7 Å². The Kier molecular flexibility index (Phi) is 5.20. The Balaban J connectivity index is 1.48. The molecule has 1 N–H and O–H groups in total. The molecule has 0 saturated carbocycles. The number of hydrogen-bond donors (Lipinski definition) is 1. The monoisotopic (exact) mass is 383 g/mol. The Morgan fingerprint density at radius 3 is 2.24 bits per heavy atom. The van der Waals surface area contributed by atoms with Crippen LogP contribution in [0.5, 0.6) is 0 Å². The highest BCUT2D eigenvalue weighted by atomic mass is 16.4. The molecule has 5 heteroatoms. The Morgan fingerprint density at radius 2 is 1.52 bits per heavy atom. The summed E-state index contributed by atoms with van der Waals surface area (Å²) < 4.78 is 5.84. The van der Waals surface area contributed by atoms with E-state index in [2.05, 4.69) is 15.5 Å². The summed E-state index contributed by atoms with van der Waals surface area (Å²) in [4.78, 5) is 12.5. The van der Waals surface area contributed by atoms with Gasteiger partial charge in [-0.1, -0.05) is 48.5 Å². The fraction of sp³-hybridized carbons (Fsp3) is 0.125. The standard InChI is InChI=1S/C24H21N3O2/c1-16-8-6-7-11-21(16)24-27-26-23(29-24)20-14-12-19(13-15-20)22(28)25-17(2)18-9-4-3-5-10-18/h3-15,17H,1-2H3,(H,25,28)/t17-/m1/s1. The Labute approximate surface area is 169 Å². The molecule has 144 valence electrons. The third-order valence-corrected chi connectivity index (χ3v) is 4.84. The predicted molar refractivity (Wildman–Crippen MR) is 112 cm³/mol. The third kappa shape index (κ3) is 4.09. The summed E-state index contributed by atoms with van der Waals surface area (Å²) in [7, 11) is 0. The minimum atomic E-state index is -0.126. The van der Waals surface area contributed by atoms with E-state index < -0.39 is 0 Å². The normalized spacial score (nSPS) is 11.8. The van der Waals surface area contributed by atoms with Crippen molar-refractivity contribution in [1.29, 1.82) is 0 Å². The van der Waals surface area contributed by atoms with Gasteiger partial charge in [0.2, 0.25) is 11.8 Å². The molecule has 0 aliphatic rings. The van der Waals surface area contributed by atoms with Crippen molar-refractivity contribution in [1.82, 2.24) is 15.5 Å². The van der Waals surface area contributed by atoms with Crippen LogP contribution >= 0.6 is 0 Å². The molecule has 0 unspecified atom stereocenters. The first-order chi connectivity index (χ1) is 14.1. The largest absolute Gasteiger partial charge is 0.416 e. The molecule has 1 heterocycles. The zero-order valence-electron chi connectivity index (χ0n) is 16.3. The summed E-state index contributed by atoms with van der Waals surface area (Å²) in [5, 5.41) is 11.3. The molecule has 1 atom stereocenters. The van der Waals surface area contributed by atoms with Gasteiger partial charge in [-0.05, 0) is 55.3 Å². The van der Waals surface area contributed by atoms with Crippen LogP contribution in [0.2, 0.25) is 0 Å². The molecule has 5 nitrogen and oxygen atoms in total. The van der Waals surface area contributed by atoms with Crippen LogP contribution in [0.25, 0.3) is 22.9 Å². The number of nitrogens with zero attached hydrogens (tertiary/aromatic N) is 2. The maximum absolute atomic E-state index is 12.5. The molecule has 4 aromatic rings. The van der Waals surface area contributed by atoms with Crippen molar-refractivity contribution in [3.8, 4) is 22.9 Å². The fourth-order valence-corrected chi connectivity index (χ4v) is 3.13. The summed E-state index contributed by atoms with van der Waals surface area (Å²) >= 11 is 0. The number of aromatic nitrogens is 2. The topological polar surface area (TPSA) is 68.0 Å². The number of hydrogen-bond acceptors (Lipinski definition) is 4. The van der Waals surface area contributed by atoms with Crippen molar-refractivity contribution in [2.45, 2.75) is 19.9 Å². The smallest absolute Gasteiger partial charge is 0.251 e. The lowest BCUT2D eigenvalue weighted by atomic mass is 10.1. The third-order valence-electron chi connectivity index (χ3n) is 4.84. The molecular weight excluding hydrogens is 362 g/mol. The van der Waals surface area contributed by atoms with Crippen LogP contribution in [0.3, 0.4) is 0 Å². The quantitative estimate of drug-likeness (QED) is 0.514. The first-order valence-electron chi connectivity index (χ1n) is 9.47. The Morgan fingerprint density at radius 1 is 0.862 bits per heavy atom. The van der Waals surface area contributed by atoms with Crippen LogP contribution < -0.4 is 5.32 Å². The number of rotatable bonds is 5. The SMILES string of the molecule is Cc1ccccc1-c1nnc(-c2ccc(C(=O)N[C@H](C)c3ccccc3)cc2)o1. The van der Waals surface area contributed by atoms with Crippen molar-refractivity contribution < 1.29 is 9.21 Å². The average Bonchev–Trinajstić information content (AvgIpc) is 3.25. The van der Waals surface area contributed by atoms with Gasteiger partial charge >= 0.3 is 0 Å². The average molecular weight is 383 g/mol. The zero-order valence-corrected chi connectivity index (χ0v) is 16.3. The summed E-state index contributed by atoms with van der Waals surface area (Å²) in [6.45, 7) is 3.97. The lowest BCUT2D eigenvalue weighted by Crippen LogP contribution is -2.26. The molecule has 29 heavy (non-hydrogen) atoms. The van der Waals surface area contributed by atoms with Gasteiger partial charge in [0.25, 0.3) is 5.91 Å². The number of amides is 1. The lowest BCUT2D eigenvalue weighted by molar-refractivity contribution is 0.0940. The summed E-state index contributed by atoms with van der Waals surface area (Å²) in [6, 6.07) is 24.8. The number of carbonyl (C=O) groups is 1. The first kappa shape index (κ1) is 18.6. The molecule has 0 radical (unpaired) electrons. The van der Waals surface area contributed by atoms with Crippen molar-refractivity contribution in [3.63, 3.8) is 0 Å². The highest BCUT2D eigenvalue weighted by Crippen LogP contribution is 2.26. The number of benzene rings is 3. The second kappa shape index (κ2) is 8.10. The van der Waals surface area contributed by atoms with Gasteiger partial charge in [-0.25, -0.2) is 0 Å². The molecule has 0 spiro atoms. The van der Waals surface area contributed by atoms with Crippen molar-refractivity contribution in [2.24, 2.45) is 0 Å². The molecule has 0 aliphatic carbocycles. The first-order valence-corrected chi connectivity index (χ1v) is 9.47. The van der Waals surface area contributed by atoms with Crippen molar-refractivity contribution in [3.05, 3.63) is 95.6 Å². The van der Waals surface area contributed by atoms with Crippen LogP contribution in [0.15, 0.2) is 83.3 Å². The van der Waals surface area contributed by atoms with Gasteiger partial charge in [-0.3, -0.25) is 4.79 Å². The maximum Gasteiger partial charge on any atom is 0.251 e. The van der Waals surface area contributed by atoms with Gasteiger partial charge in [0.15, 0.2) is 0 Å². The molecule has 0 aliphatic heterocycles. The summed E-state index contributed by atoms with van der Waals surface area (Å²) in [6.07, 6.45) is 0. The van der Waals surface area contributed by atoms with Crippen molar-refractivity contribution >= 4 is 5.91 Å². The molecule has 0 fully saturated rings. The molecule has 4 rings (SSSR count). The zero-order chi connectivity index (χ0) is 20.2. The number of aryl methyl sites for hydroxylation is 1. The van der Waals surface area contributed by atoms with Crippen LogP contribution in [0, 0.1) is 6.92 Å². The summed E-state index contributed by atoms with van der Waals surface area (Å²) in [5.41, 5.74) is 4.40. The van der Waals surface area contributed by atoms with E-state index in [1.54, 1.807) is 12.1 Å². The predicted octanol–water partition coefficient (Wildman–Crippen LogP) is 5.20. The number of carbonyl (C=O) groups excluding carboxylic acids is 1. The van der Waals surface area contributed by atoms with Gasteiger partial charge in [0.1, 0.15) is 0 Å². The maximum atomic E-state index is 12.5. The van der Waals surface area contributed by atoms with E-state index in [0.717, 1.165) is 22.3 Å².